The van der Waals surface area contributed by atoms with E-state index in [9.17, 15) is 19.8 Å². The first kappa shape index (κ1) is 77.3. The molecule has 0 aliphatic rings. The monoisotopic (exact) mass is 1110 g/mol. The number of rotatable bonds is 68. The maximum absolute atomic E-state index is 12.4. The molecule has 6 nitrogen and oxygen atoms in total. The van der Waals surface area contributed by atoms with Gasteiger partial charge in [0, 0.05) is 12.8 Å². The van der Waals surface area contributed by atoms with Gasteiger partial charge in [-0.3, -0.25) is 9.59 Å². The van der Waals surface area contributed by atoms with Crippen molar-refractivity contribution in [3.8, 4) is 0 Å². The average molecular weight is 1110 g/mol. The van der Waals surface area contributed by atoms with E-state index in [0.29, 0.717) is 25.9 Å². The number of carbonyl (C=O) groups excluding carboxylic acids is 2. The number of amides is 1. The van der Waals surface area contributed by atoms with Crippen LogP contribution in [-0.4, -0.2) is 47.4 Å². The third-order valence-electron chi connectivity index (χ3n) is 17.0. The van der Waals surface area contributed by atoms with Crippen molar-refractivity contribution in [2.45, 2.75) is 418 Å². The molecule has 79 heavy (non-hydrogen) atoms. The molecule has 0 rings (SSSR count). The number of unbranched alkanes of at least 4 members (excludes halogenated alkanes) is 53. The molecule has 0 aromatic carbocycles. The number of nitrogens with one attached hydrogen (secondary N) is 1. The Labute approximate surface area is 494 Å². The van der Waals surface area contributed by atoms with Gasteiger partial charge >= 0.3 is 5.97 Å². The van der Waals surface area contributed by atoms with Crippen molar-refractivity contribution in [3.05, 3.63) is 24.3 Å². The van der Waals surface area contributed by atoms with Crippen molar-refractivity contribution < 1.29 is 24.5 Å². The Morgan fingerprint density at radius 1 is 0.354 bits per heavy atom. The fourth-order valence-electron chi connectivity index (χ4n) is 11.5. The van der Waals surface area contributed by atoms with Gasteiger partial charge in [-0.15, -0.1) is 0 Å². The van der Waals surface area contributed by atoms with Crippen molar-refractivity contribution in [1.29, 1.82) is 0 Å². The number of hydrogen-bond donors (Lipinski definition) is 3. The molecule has 1 amide bonds. The van der Waals surface area contributed by atoms with E-state index in [1.165, 1.54) is 321 Å². The van der Waals surface area contributed by atoms with Gasteiger partial charge in [0.05, 0.1) is 25.4 Å². The summed E-state index contributed by atoms with van der Waals surface area (Å²) in [6.07, 6.45) is 87.0. The van der Waals surface area contributed by atoms with E-state index in [1.54, 1.807) is 0 Å². The lowest BCUT2D eigenvalue weighted by Crippen LogP contribution is -2.45. The van der Waals surface area contributed by atoms with Gasteiger partial charge in [0.2, 0.25) is 5.91 Å². The minimum Gasteiger partial charge on any atom is -0.466 e. The lowest BCUT2D eigenvalue weighted by atomic mass is 10.0. The molecule has 2 atom stereocenters. The number of hydrogen-bond acceptors (Lipinski definition) is 5. The molecule has 0 aliphatic carbocycles. The van der Waals surface area contributed by atoms with Crippen molar-refractivity contribution >= 4 is 11.9 Å². The van der Waals surface area contributed by atoms with Gasteiger partial charge in [0.25, 0.3) is 0 Å². The van der Waals surface area contributed by atoms with Crippen LogP contribution in [0, 0.1) is 0 Å². The second kappa shape index (κ2) is 68.8. The fraction of sp³-hybridized carbons (Fsp3) is 0.918. The summed E-state index contributed by atoms with van der Waals surface area (Å²) in [6.45, 7) is 4.92. The number of aliphatic hydroxyl groups excluding tert-OH is 2. The summed E-state index contributed by atoms with van der Waals surface area (Å²) in [5.74, 6) is -0.0196. The first-order chi connectivity index (χ1) is 39.0. The van der Waals surface area contributed by atoms with E-state index in [0.717, 1.165) is 51.4 Å². The number of allylic oxidation sites excluding steroid dienone is 4. The summed E-state index contributed by atoms with van der Waals surface area (Å²) < 4.78 is 5.49. The van der Waals surface area contributed by atoms with Crippen LogP contribution in [-0.2, 0) is 14.3 Å². The standard InChI is InChI=1S/C73H141NO5/c1-3-5-7-9-11-13-14-15-44-47-51-55-59-63-67-73(78)79-68-64-60-56-52-48-45-42-40-38-36-34-32-30-28-26-24-22-20-18-16-17-19-21-23-25-27-29-31-33-35-37-39-41-43-46-50-54-58-62-66-72(77)74-70(69-75)71(76)65-61-57-53-49-12-10-8-6-4-2/h9,11,14-15,70-71,75-76H,3-8,10,12-13,16-69H2,1-2H3,(H,74,77)/b11-9-,15-14-. The van der Waals surface area contributed by atoms with E-state index >= 15 is 0 Å². The number of aliphatic hydroxyl groups is 2. The second-order valence-corrected chi connectivity index (χ2v) is 24.9. The third-order valence-corrected chi connectivity index (χ3v) is 17.0. The molecule has 0 saturated heterocycles. The fourth-order valence-corrected chi connectivity index (χ4v) is 11.5. The summed E-state index contributed by atoms with van der Waals surface area (Å²) in [5, 5.41) is 23.2. The molecule has 0 heterocycles. The molecule has 0 bridgehead atoms. The molecule has 0 radical (unpaired) electrons. The molecule has 2 unspecified atom stereocenters. The van der Waals surface area contributed by atoms with Crippen LogP contribution in [0.5, 0.6) is 0 Å². The molecule has 3 N–H and O–H groups in total. The van der Waals surface area contributed by atoms with Gasteiger partial charge in [0.1, 0.15) is 0 Å². The maximum Gasteiger partial charge on any atom is 0.305 e. The lowest BCUT2D eigenvalue weighted by molar-refractivity contribution is -0.143. The predicted molar refractivity (Wildman–Crippen MR) is 347 cm³/mol. The van der Waals surface area contributed by atoms with Crippen LogP contribution < -0.4 is 5.32 Å². The highest BCUT2D eigenvalue weighted by atomic mass is 16.5. The van der Waals surface area contributed by atoms with Crippen LogP contribution in [0.1, 0.15) is 406 Å². The molecular formula is C73H141NO5. The Morgan fingerprint density at radius 3 is 1.00 bits per heavy atom. The zero-order valence-corrected chi connectivity index (χ0v) is 53.6. The Bertz CT molecular complexity index is 1230. The summed E-state index contributed by atoms with van der Waals surface area (Å²) in [5.41, 5.74) is 0. The molecule has 0 fully saturated rings. The summed E-state index contributed by atoms with van der Waals surface area (Å²) >= 11 is 0. The topological polar surface area (TPSA) is 95.9 Å². The van der Waals surface area contributed by atoms with Crippen molar-refractivity contribution in [1.82, 2.24) is 5.32 Å². The van der Waals surface area contributed by atoms with Gasteiger partial charge in [0.15, 0.2) is 0 Å². The zero-order valence-electron chi connectivity index (χ0n) is 53.6. The number of ether oxygens (including phenoxy) is 1. The summed E-state index contributed by atoms with van der Waals surface area (Å²) in [6, 6.07) is -0.534. The maximum atomic E-state index is 12.4. The molecule has 0 aromatic heterocycles. The van der Waals surface area contributed by atoms with Crippen molar-refractivity contribution in [2.24, 2.45) is 0 Å². The van der Waals surface area contributed by atoms with E-state index in [-0.39, 0.29) is 18.5 Å². The van der Waals surface area contributed by atoms with Crippen LogP contribution in [0.25, 0.3) is 0 Å². The van der Waals surface area contributed by atoms with Gasteiger partial charge < -0.3 is 20.3 Å². The lowest BCUT2D eigenvalue weighted by Gasteiger charge is -2.22. The van der Waals surface area contributed by atoms with Gasteiger partial charge in [-0.1, -0.05) is 366 Å². The predicted octanol–water partition coefficient (Wildman–Crippen LogP) is 23.3. The minimum atomic E-state index is -0.657. The summed E-state index contributed by atoms with van der Waals surface area (Å²) in [4.78, 5) is 24.5. The molecule has 0 saturated carbocycles. The Morgan fingerprint density at radius 2 is 0.646 bits per heavy atom. The van der Waals surface area contributed by atoms with Crippen molar-refractivity contribution in [3.63, 3.8) is 0 Å². The number of carbonyl (C=O) groups is 2. The second-order valence-electron chi connectivity index (χ2n) is 24.9. The molecule has 0 spiro atoms. The number of esters is 1. The Kier molecular flexibility index (Phi) is 67.4. The zero-order chi connectivity index (χ0) is 57.1. The highest BCUT2D eigenvalue weighted by Crippen LogP contribution is 2.19. The van der Waals surface area contributed by atoms with Crippen LogP contribution in [0.4, 0.5) is 0 Å². The van der Waals surface area contributed by atoms with E-state index in [1.807, 2.05) is 0 Å². The van der Waals surface area contributed by atoms with Gasteiger partial charge in [-0.2, -0.15) is 0 Å². The average Bonchev–Trinajstić information content (AvgIpc) is 3.45. The first-order valence-electron chi connectivity index (χ1n) is 36.1. The molecule has 6 heteroatoms. The molecular weight excluding hydrogens is 971 g/mol. The SMILES string of the molecule is CCCC/C=C\C/C=C\CCCCCCCC(=O)OCCCCCCCCCCCCCCCCCCCCCCCCCCCCCCCCCCCCCCCCCC(=O)NC(CO)C(O)CCCCCCCCCCC. The Hall–Kier alpha value is -1.66. The third kappa shape index (κ3) is 65.4. The van der Waals surface area contributed by atoms with Crippen LogP contribution in [0.2, 0.25) is 0 Å². The smallest absolute Gasteiger partial charge is 0.305 e. The Balaban J connectivity index is 3.26. The molecule has 0 aromatic rings. The van der Waals surface area contributed by atoms with Gasteiger partial charge in [-0.05, 0) is 51.4 Å². The van der Waals surface area contributed by atoms with E-state index in [4.69, 9.17) is 4.74 Å². The van der Waals surface area contributed by atoms with Crippen LogP contribution in [0.15, 0.2) is 24.3 Å². The minimum absolute atomic E-state index is 0.00971. The first-order valence-corrected chi connectivity index (χ1v) is 36.1. The highest BCUT2D eigenvalue weighted by Gasteiger charge is 2.20. The van der Waals surface area contributed by atoms with Crippen LogP contribution in [0.3, 0.4) is 0 Å². The van der Waals surface area contributed by atoms with Crippen LogP contribution >= 0.6 is 0 Å². The normalized spacial score (nSPS) is 12.6. The van der Waals surface area contributed by atoms with Crippen molar-refractivity contribution in [2.75, 3.05) is 13.2 Å². The van der Waals surface area contributed by atoms with E-state index < -0.39 is 12.1 Å². The highest BCUT2D eigenvalue weighted by molar-refractivity contribution is 5.76. The summed E-state index contributed by atoms with van der Waals surface area (Å²) in [7, 11) is 0. The molecule has 0 aliphatic heterocycles. The largest absolute Gasteiger partial charge is 0.466 e. The van der Waals surface area contributed by atoms with Gasteiger partial charge in [-0.25, -0.2) is 0 Å². The quantitative estimate of drug-likeness (QED) is 0.0320. The molecule has 468 valence electrons. The van der Waals surface area contributed by atoms with E-state index in [2.05, 4.69) is 43.5 Å².